The highest BCUT2D eigenvalue weighted by atomic mass is 16.5. The van der Waals surface area contributed by atoms with Gasteiger partial charge in [0.2, 0.25) is 0 Å². The molecular formula is C14H21N3O2. The number of pyridine rings is 1. The molecule has 2 rings (SSSR count). The van der Waals surface area contributed by atoms with Gasteiger partial charge in [0.1, 0.15) is 5.69 Å². The topological polar surface area (TPSA) is 54.5 Å². The van der Waals surface area contributed by atoms with Gasteiger partial charge < -0.3 is 15.0 Å². The van der Waals surface area contributed by atoms with Crippen molar-refractivity contribution in [3.05, 3.63) is 24.0 Å². The van der Waals surface area contributed by atoms with Gasteiger partial charge in [0, 0.05) is 27.2 Å². The Kier molecular flexibility index (Phi) is 4.37. The molecule has 0 aliphatic carbocycles. The van der Waals surface area contributed by atoms with Gasteiger partial charge in [-0.25, -0.2) is 4.98 Å². The first-order chi connectivity index (χ1) is 9.15. The van der Waals surface area contributed by atoms with E-state index in [1.54, 1.807) is 19.4 Å². The summed E-state index contributed by atoms with van der Waals surface area (Å²) < 4.78 is 5.43. The number of carbonyl (C=O) groups is 1. The van der Waals surface area contributed by atoms with Gasteiger partial charge in [-0.15, -0.1) is 0 Å². The van der Waals surface area contributed by atoms with E-state index in [0.717, 1.165) is 18.7 Å². The molecule has 1 aliphatic rings. The summed E-state index contributed by atoms with van der Waals surface area (Å²) >= 11 is 0. The monoisotopic (exact) mass is 263 g/mol. The highest BCUT2D eigenvalue weighted by molar-refractivity contribution is 5.92. The van der Waals surface area contributed by atoms with Crippen LogP contribution in [0, 0.1) is 5.92 Å². The van der Waals surface area contributed by atoms with Crippen LogP contribution < -0.4 is 5.32 Å². The van der Waals surface area contributed by atoms with Crippen molar-refractivity contribution >= 4 is 11.6 Å². The molecule has 2 atom stereocenters. The number of hydrogen-bond acceptors (Lipinski definition) is 4. The Labute approximate surface area is 114 Å². The minimum absolute atomic E-state index is 0.0170. The number of anilines is 1. The van der Waals surface area contributed by atoms with Crippen LogP contribution in [-0.2, 0) is 4.74 Å². The van der Waals surface area contributed by atoms with E-state index in [2.05, 4.69) is 17.2 Å². The average Bonchev–Trinajstić information content (AvgIpc) is 2.47. The predicted octanol–water partition coefficient (Wildman–Crippen LogP) is 1.62. The fourth-order valence-corrected chi connectivity index (χ4v) is 2.36. The molecule has 2 unspecified atom stereocenters. The molecule has 19 heavy (non-hydrogen) atoms. The summed E-state index contributed by atoms with van der Waals surface area (Å²) in [4.78, 5) is 18.4. The number of amides is 1. The number of nitrogens with zero attached hydrogens (tertiary/aromatic N) is 2. The third-order valence-electron chi connectivity index (χ3n) is 3.75. The van der Waals surface area contributed by atoms with Crippen molar-refractivity contribution in [3.63, 3.8) is 0 Å². The third kappa shape index (κ3) is 3.04. The molecule has 0 spiro atoms. The summed E-state index contributed by atoms with van der Waals surface area (Å²) in [5, 5.41) is 2.99. The van der Waals surface area contributed by atoms with Crippen molar-refractivity contribution < 1.29 is 9.53 Å². The fourth-order valence-electron chi connectivity index (χ4n) is 2.36. The Bertz CT molecular complexity index is 433. The molecule has 0 aromatic carbocycles. The Morgan fingerprint density at radius 1 is 1.53 bits per heavy atom. The van der Waals surface area contributed by atoms with Gasteiger partial charge in [-0.1, -0.05) is 6.92 Å². The van der Waals surface area contributed by atoms with Gasteiger partial charge in [-0.05, 0) is 24.5 Å². The maximum atomic E-state index is 12.4. The molecule has 1 aromatic heterocycles. The highest BCUT2D eigenvalue weighted by Crippen LogP contribution is 2.20. The van der Waals surface area contributed by atoms with E-state index in [-0.39, 0.29) is 12.0 Å². The van der Waals surface area contributed by atoms with E-state index < -0.39 is 0 Å². The lowest BCUT2D eigenvalue weighted by atomic mass is 9.95. The largest absolute Gasteiger partial charge is 0.387 e. The Morgan fingerprint density at radius 2 is 2.32 bits per heavy atom. The maximum Gasteiger partial charge on any atom is 0.272 e. The molecule has 104 valence electrons. The lowest BCUT2D eigenvalue weighted by Gasteiger charge is -2.36. The zero-order valence-electron chi connectivity index (χ0n) is 11.7. The molecule has 0 bridgehead atoms. The van der Waals surface area contributed by atoms with Gasteiger partial charge >= 0.3 is 0 Å². The Morgan fingerprint density at radius 3 is 2.89 bits per heavy atom. The molecule has 2 heterocycles. The molecule has 5 heteroatoms. The first kappa shape index (κ1) is 13.8. The van der Waals surface area contributed by atoms with Crippen molar-refractivity contribution in [2.24, 2.45) is 5.92 Å². The quantitative estimate of drug-likeness (QED) is 0.900. The maximum absolute atomic E-state index is 12.4. The standard InChI is InChI=1S/C14H21N3O2/c1-10-6-7-17(9-13(10)19-3)14(18)12-5-4-11(15-2)8-16-12/h4-5,8,10,13,15H,6-7,9H2,1-3H3. The van der Waals surface area contributed by atoms with E-state index in [9.17, 15) is 4.79 Å². The van der Waals surface area contributed by atoms with Crippen LogP contribution in [0.1, 0.15) is 23.8 Å². The van der Waals surface area contributed by atoms with Gasteiger partial charge in [0.15, 0.2) is 0 Å². The van der Waals surface area contributed by atoms with E-state index in [1.165, 1.54) is 0 Å². The number of aromatic nitrogens is 1. The van der Waals surface area contributed by atoms with Crippen LogP contribution in [0.3, 0.4) is 0 Å². The van der Waals surface area contributed by atoms with Crippen LogP contribution in [0.25, 0.3) is 0 Å². The number of methoxy groups -OCH3 is 1. The van der Waals surface area contributed by atoms with Gasteiger partial charge in [0.05, 0.1) is 18.0 Å². The highest BCUT2D eigenvalue weighted by Gasteiger charge is 2.29. The minimum Gasteiger partial charge on any atom is -0.387 e. The molecular weight excluding hydrogens is 242 g/mol. The van der Waals surface area contributed by atoms with Crippen molar-refractivity contribution in [1.29, 1.82) is 0 Å². The summed E-state index contributed by atoms with van der Waals surface area (Å²) in [6.45, 7) is 3.58. The second kappa shape index (κ2) is 6.02. The van der Waals surface area contributed by atoms with Crippen LogP contribution in [0.15, 0.2) is 18.3 Å². The van der Waals surface area contributed by atoms with Gasteiger partial charge in [-0.2, -0.15) is 0 Å². The van der Waals surface area contributed by atoms with E-state index in [0.29, 0.717) is 18.2 Å². The Balaban J connectivity index is 2.06. The first-order valence-corrected chi connectivity index (χ1v) is 6.61. The van der Waals surface area contributed by atoms with Crippen molar-refractivity contribution in [1.82, 2.24) is 9.88 Å². The van der Waals surface area contributed by atoms with Crippen LogP contribution in [0.4, 0.5) is 5.69 Å². The molecule has 1 saturated heterocycles. The second-order valence-electron chi connectivity index (χ2n) is 4.97. The molecule has 1 aromatic rings. The SMILES string of the molecule is CNc1ccc(C(=O)N2CCC(C)C(OC)C2)nc1. The summed E-state index contributed by atoms with van der Waals surface area (Å²) in [7, 11) is 3.53. The molecule has 1 aliphatic heterocycles. The zero-order chi connectivity index (χ0) is 13.8. The van der Waals surface area contributed by atoms with Crippen molar-refractivity contribution in [3.8, 4) is 0 Å². The minimum atomic E-state index is -0.0170. The van der Waals surface area contributed by atoms with Crippen molar-refractivity contribution in [2.75, 3.05) is 32.6 Å². The number of rotatable bonds is 3. The zero-order valence-corrected chi connectivity index (χ0v) is 11.7. The second-order valence-corrected chi connectivity index (χ2v) is 4.97. The van der Waals surface area contributed by atoms with Gasteiger partial charge in [-0.3, -0.25) is 4.79 Å². The number of nitrogens with one attached hydrogen (secondary N) is 1. The van der Waals surface area contributed by atoms with Crippen molar-refractivity contribution in [2.45, 2.75) is 19.4 Å². The first-order valence-electron chi connectivity index (χ1n) is 6.61. The number of piperidine rings is 1. The van der Waals surface area contributed by atoms with E-state index in [1.807, 2.05) is 18.0 Å². The Hall–Kier alpha value is -1.62. The average molecular weight is 263 g/mol. The van der Waals surface area contributed by atoms with Crippen LogP contribution in [-0.4, -0.2) is 49.1 Å². The summed E-state index contributed by atoms with van der Waals surface area (Å²) in [5.74, 6) is 0.477. The summed E-state index contributed by atoms with van der Waals surface area (Å²) in [6.07, 6.45) is 2.76. The molecule has 0 radical (unpaired) electrons. The molecule has 1 fully saturated rings. The number of hydrogen-bond donors (Lipinski definition) is 1. The van der Waals surface area contributed by atoms with Crippen LogP contribution >= 0.6 is 0 Å². The molecule has 1 N–H and O–H groups in total. The number of ether oxygens (including phenoxy) is 1. The summed E-state index contributed by atoms with van der Waals surface area (Å²) in [6, 6.07) is 3.62. The fraction of sp³-hybridized carbons (Fsp3) is 0.571. The summed E-state index contributed by atoms with van der Waals surface area (Å²) in [5.41, 5.74) is 1.39. The van der Waals surface area contributed by atoms with E-state index in [4.69, 9.17) is 4.74 Å². The number of carbonyl (C=O) groups excluding carboxylic acids is 1. The molecule has 1 amide bonds. The van der Waals surface area contributed by atoms with E-state index >= 15 is 0 Å². The third-order valence-corrected chi connectivity index (χ3v) is 3.75. The van der Waals surface area contributed by atoms with Crippen LogP contribution in [0.2, 0.25) is 0 Å². The lowest BCUT2D eigenvalue weighted by molar-refractivity contribution is -0.00177. The van der Waals surface area contributed by atoms with Gasteiger partial charge in [0.25, 0.3) is 5.91 Å². The predicted molar refractivity (Wildman–Crippen MR) is 74.3 cm³/mol. The molecule has 0 saturated carbocycles. The number of likely N-dealkylation sites (tertiary alicyclic amines) is 1. The normalized spacial score (nSPS) is 23.2. The molecule has 5 nitrogen and oxygen atoms in total. The van der Waals surface area contributed by atoms with Crippen LogP contribution in [0.5, 0.6) is 0 Å². The lowest BCUT2D eigenvalue weighted by Crippen LogP contribution is -2.46. The smallest absolute Gasteiger partial charge is 0.272 e.